The topological polar surface area (TPSA) is 63.6 Å². The number of benzene rings is 2. The van der Waals surface area contributed by atoms with Gasteiger partial charge in [-0.3, -0.25) is 4.79 Å². The van der Waals surface area contributed by atoms with Gasteiger partial charge in [-0.15, -0.1) is 0 Å². The van der Waals surface area contributed by atoms with Crippen LogP contribution in [0.1, 0.15) is 17.5 Å². The van der Waals surface area contributed by atoms with E-state index in [4.69, 9.17) is 9.84 Å². The highest BCUT2D eigenvalue weighted by Gasteiger charge is 2.11. The average molecular weight is 284 g/mol. The lowest BCUT2D eigenvalue weighted by molar-refractivity contribution is -0.149. The van der Waals surface area contributed by atoms with Crippen molar-refractivity contribution in [1.82, 2.24) is 0 Å². The molecule has 2 rings (SSSR count). The van der Waals surface area contributed by atoms with Gasteiger partial charge in [0.15, 0.2) is 0 Å². The molecule has 0 radical (unpaired) electrons. The third kappa shape index (κ3) is 4.76. The van der Waals surface area contributed by atoms with E-state index in [9.17, 15) is 9.59 Å². The number of carboxylic acid groups (broad SMARTS) is 1. The number of hydrogen-bond donors (Lipinski definition) is 1. The fourth-order valence-corrected chi connectivity index (χ4v) is 1.90. The molecule has 0 aliphatic carbocycles. The highest BCUT2D eigenvalue weighted by atomic mass is 16.5. The standard InChI is InChI=1S/C17H16O4/c18-16(17(19)20)10-9-13-7-4-8-15(11-13)21-12-14-5-2-1-3-6-14/h1-8,11H,9-10,12H2,(H,19,20). The van der Waals surface area contributed by atoms with Gasteiger partial charge in [0.2, 0.25) is 5.78 Å². The molecular formula is C17H16O4. The molecule has 0 aromatic heterocycles. The largest absolute Gasteiger partial charge is 0.489 e. The van der Waals surface area contributed by atoms with Crippen molar-refractivity contribution in [3.63, 3.8) is 0 Å². The molecule has 1 N–H and O–H groups in total. The minimum Gasteiger partial charge on any atom is -0.489 e. The van der Waals surface area contributed by atoms with Crippen molar-refractivity contribution >= 4 is 11.8 Å². The first-order valence-electron chi connectivity index (χ1n) is 6.67. The molecule has 2 aromatic rings. The van der Waals surface area contributed by atoms with Crippen LogP contribution in [0.4, 0.5) is 0 Å². The van der Waals surface area contributed by atoms with Gasteiger partial charge in [0.05, 0.1) is 0 Å². The van der Waals surface area contributed by atoms with Crippen LogP contribution in [0.5, 0.6) is 5.75 Å². The van der Waals surface area contributed by atoms with Crippen molar-refractivity contribution in [3.05, 3.63) is 65.7 Å². The zero-order chi connectivity index (χ0) is 15.1. The van der Waals surface area contributed by atoms with Crippen LogP contribution in [-0.2, 0) is 22.6 Å². The van der Waals surface area contributed by atoms with E-state index in [0.717, 1.165) is 11.1 Å². The summed E-state index contributed by atoms with van der Waals surface area (Å²) in [5, 5.41) is 8.55. The molecule has 0 heterocycles. The van der Waals surface area contributed by atoms with E-state index < -0.39 is 11.8 Å². The van der Waals surface area contributed by atoms with Crippen molar-refractivity contribution in [2.45, 2.75) is 19.4 Å². The summed E-state index contributed by atoms with van der Waals surface area (Å²) in [5.41, 5.74) is 1.96. The zero-order valence-electron chi connectivity index (χ0n) is 11.5. The van der Waals surface area contributed by atoms with Crippen LogP contribution in [0.2, 0.25) is 0 Å². The molecule has 0 amide bonds. The van der Waals surface area contributed by atoms with Crippen molar-refractivity contribution in [2.75, 3.05) is 0 Å². The summed E-state index contributed by atoms with van der Waals surface area (Å²) in [6, 6.07) is 17.2. The van der Waals surface area contributed by atoms with Crippen molar-refractivity contribution in [1.29, 1.82) is 0 Å². The third-order valence-electron chi connectivity index (χ3n) is 3.03. The number of ether oxygens (including phenoxy) is 1. The van der Waals surface area contributed by atoms with Gasteiger partial charge in [0.1, 0.15) is 12.4 Å². The van der Waals surface area contributed by atoms with E-state index in [1.165, 1.54) is 0 Å². The lowest BCUT2D eigenvalue weighted by Gasteiger charge is -2.08. The minimum atomic E-state index is -1.38. The first-order valence-corrected chi connectivity index (χ1v) is 6.67. The number of aryl methyl sites for hydroxylation is 1. The summed E-state index contributed by atoms with van der Waals surface area (Å²) < 4.78 is 5.69. The fourth-order valence-electron chi connectivity index (χ4n) is 1.90. The Morgan fingerprint density at radius 1 is 0.952 bits per heavy atom. The molecule has 108 valence electrons. The van der Waals surface area contributed by atoms with Crippen LogP contribution < -0.4 is 4.74 Å². The molecule has 0 unspecified atom stereocenters. The summed E-state index contributed by atoms with van der Waals surface area (Å²) in [7, 11) is 0. The minimum absolute atomic E-state index is 0.00251. The van der Waals surface area contributed by atoms with Crippen LogP contribution >= 0.6 is 0 Å². The van der Waals surface area contributed by atoms with Crippen LogP contribution in [0, 0.1) is 0 Å². The van der Waals surface area contributed by atoms with E-state index in [2.05, 4.69) is 0 Å². The van der Waals surface area contributed by atoms with E-state index in [1.807, 2.05) is 54.6 Å². The van der Waals surface area contributed by atoms with Crippen LogP contribution in [0.15, 0.2) is 54.6 Å². The molecule has 2 aromatic carbocycles. The smallest absolute Gasteiger partial charge is 0.372 e. The van der Waals surface area contributed by atoms with Crippen LogP contribution in [0.25, 0.3) is 0 Å². The van der Waals surface area contributed by atoms with E-state index in [-0.39, 0.29) is 6.42 Å². The van der Waals surface area contributed by atoms with Gasteiger partial charge in [-0.2, -0.15) is 0 Å². The van der Waals surface area contributed by atoms with Crippen molar-refractivity contribution in [3.8, 4) is 5.75 Å². The van der Waals surface area contributed by atoms with Gasteiger partial charge < -0.3 is 9.84 Å². The van der Waals surface area contributed by atoms with Gasteiger partial charge in [-0.25, -0.2) is 4.79 Å². The maximum absolute atomic E-state index is 11.1. The number of carbonyl (C=O) groups is 2. The van der Waals surface area contributed by atoms with E-state index in [1.54, 1.807) is 0 Å². The number of aliphatic carboxylic acids is 1. The molecule has 4 nitrogen and oxygen atoms in total. The Kier molecular flexibility index (Phi) is 5.10. The molecule has 0 aliphatic rings. The second kappa shape index (κ2) is 7.24. The van der Waals surface area contributed by atoms with Crippen LogP contribution in [0.3, 0.4) is 0 Å². The van der Waals surface area contributed by atoms with Gasteiger partial charge >= 0.3 is 5.97 Å². The number of carbonyl (C=O) groups excluding carboxylic acids is 1. The molecule has 0 saturated carbocycles. The molecule has 21 heavy (non-hydrogen) atoms. The fraction of sp³-hybridized carbons (Fsp3) is 0.176. The molecule has 0 atom stereocenters. The Bertz CT molecular complexity index is 620. The average Bonchev–Trinajstić information content (AvgIpc) is 2.52. The van der Waals surface area contributed by atoms with E-state index in [0.29, 0.717) is 18.8 Å². The monoisotopic (exact) mass is 284 g/mol. The molecule has 0 fully saturated rings. The predicted molar refractivity (Wildman–Crippen MR) is 78.2 cm³/mol. The maximum atomic E-state index is 11.1. The van der Waals surface area contributed by atoms with Gasteiger partial charge in [-0.1, -0.05) is 42.5 Å². The highest BCUT2D eigenvalue weighted by molar-refractivity contribution is 6.32. The molecule has 4 heteroatoms. The normalized spacial score (nSPS) is 10.1. The number of Topliss-reactive ketones (excluding diaryl/α,β-unsaturated/α-hetero) is 1. The van der Waals surface area contributed by atoms with Gasteiger partial charge in [0.25, 0.3) is 0 Å². The number of carboxylic acids is 1. The SMILES string of the molecule is O=C(O)C(=O)CCc1cccc(OCc2ccccc2)c1. The Morgan fingerprint density at radius 3 is 2.38 bits per heavy atom. The van der Waals surface area contributed by atoms with Crippen molar-refractivity contribution < 1.29 is 19.4 Å². The second-order valence-electron chi connectivity index (χ2n) is 4.65. The molecular weight excluding hydrogens is 268 g/mol. The Morgan fingerprint density at radius 2 is 1.67 bits per heavy atom. The second-order valence-corrected chi connectivity index (χ2v) is 4.65. The molecule has 0 spiro atoms. The quantitative estimate of drug-likeness (QED) is 0.794. The summed E-state index contributed by atoms with van der Waals surface area (Å²) in [4.78, 5) is 21.6. The number of ketones is 1. The lowest BCUT2D eigenvalue weighted by Crippen LogP contribution is -2.12. The number of rotatable bonds is 7. The van der Waals surface area contributed by atoms with Crippen LogP contribution in [-0.4, -0.2) is 16.9 Å². The Hall–Kier alpha value is -2.62. The van der Waals surface area contributed by atoms with E-state index >= 15 is 0 Å². The number of hydrogen-bond acceptors (Lipinski definition) is 3. The predicted octanol–water partition coefficient (Wildman–Crippen LogP) is 2.85. The first kappa shape index (κ1) is 14.8. The summed E-state index contributed by atoms with van der Waals surface area (Å²) in [6.07, 6.45) is 0.394. The Labute approximate surface area is 123 Å². The summed E-state index contributed by atoms with van der Waals surface area (Å²) in [5.74, 6) is -1.45. The van der Waals surface area contributed by atoms with Gasteiger partial charge in [-0.05, 0) is 29.7 Å². The molecule has 0 saturated heterocycles. The third-order valence-corrected chi connectivity index (χ3v) is 3.03. The molecule has 0 bridgehead atoms. The van der Waals surface area contributed by atoms with Gasteiger partial charge in [0, 0.05) is 6.42 Å². The highest BCUT2D eigenvalue weighted by Crippen LogP contribution is 2.16. The molecule has 0 aliphatic heterocycles. The zero-order valence-corrected chi connectivity index (χ0v) is 11.5. The summed E-state index contributed by atoms with van der Waals surface area (Å²) in [6.45, 7) is 0.471. The lowest BCUT2D eigenvalue weighted by atomic mass is 10.1. The summed E-state index contributed by atoms with van der Waals surface area (Å²) >= 11 is 0. The maximum Gasteiger partial charge on any atom is 0.372 e. The Balaban J connectivity index is 1.91. The first-order chi connectivity index (χ1) is 10.1. The van der Waals surface area contributed by atoms with Crippen molar-refractivity contribution in [2.24, 2.45) is 0 Å².